The lowest BCUT2D eigenvalue weighted by atomic mass is 10.1. The number of nitrogens with zero attached hydrogens (tertiary/aromatic N) is 2. The fraction of sp³-hybridized carbons (Fsp3) is 0.263. The van der Waals surface area contributed by atoms with Gasteiger partial charge in [-0.15, -0.1) is 0 Å². The van der Waals surface area contributed by atoms with Crippen LogP contribution in [0.5, 0.6) is 11.5 Å². The molecule has 3 aromatic rings. The quantitative estimate of drug-likeness (QED) is 0.482. The van der Waals surface area contributed by atoms with Crippen molar-refractivity contribution in [1.82, 2.24) is 4.98 Å². The van der Waals surface area contributed by atoms with Crippen molar-refractivity contribution in [3.63, 3.8) is 0 Å². The summed E-state index contributed by atoms with van der Waals surface area (Å²) in [6.45, 7) is 6.00. The molecule has 3 rings (SSSR count). The Kier molecular flexibility index (Phi) is 5.46. The van der Waals surface area contributed by atoms with Gasteiger partial charge < -0.3 is 9.47 Å². The Morgan fingerprint density at radius 2 is 2.00 bits per heavy atom. The zero-order chi connectivity index (χ0) is 20.4. The molecule has 0 aliphatic heterocycles. The second-order valence-corrected chi connectivity index (χ2v) is 7.14. The van der Waals surface area contributed by atoms with Gasteiger partial charge in [0.25, 0.3) is 11.6 Å². The number of rotatable bonds is 6. The number of fused-ring (bicyclic) bond motifs is 1. The number of methoxy groups -OCH3 is 1. The van der Waals surface area contributed by atoms with Crippen molar-refractivity contribution in [2.75, 3.05) is 19.0 Å². The van der Waals surface area contributed by atoms with Crippen LogP contribution in [-0.4, -0.2) is 29.5 Å². The predicted molar refractivity (Wildman–Crippen MR) is 108 cm³/mol. The molecule has 1 heterocycles. The number of nitrogens with one attached hydrogen (secondary N) is 1. The highest BCUT2D eigenvalue weighted by atomic mass is 32.1. The number of carbonyl (C=O) groups excluding carboxylic acids is 1. The van der Waals surface area contributed by atoms with Gasteiger partial charge in [-0.25, -0.2) is 4.98 Å². The van der Waals surface area contributed by atoms with Gasteiger partial charge in [-0.1, -0.05) is 17.4 Å². The van der Waals surface area contributed by atoms with E-state index in [1.165, 1.54) is 30.6 Å². The number of hydrogen-bond acceptors (Lipinski definition) is 7. The first kappa shape index (κ1) is 19.6. The highest BCUT2D eigenvalue weighted by molar-refractivity contribution is 7.22. The fourth-order valence-corrected chi connectivity index (χ4v) is 3.94. The summed E-state index contributed by atoms with van der Waals surface area (Å²) < 4.78 is 11.5. The molecule has 146 valence electrons. The molecular formula is C19H19N3O5S. The van der Waals surface area contributed by atoms with Gasteiger partial charge in [0.1, 0.15) is 5.56 Å². The minimum atomic E-state index is -0.638. The van der Waals surface area contributed by atoms with Crippen molar-refractivity contribution in [2.24, 2.45) is 0 Å². The van der Waals surface area contributed by atoms with Crippen LogP contribution in [-0.2, 0) is 0 Å². The van der Waals surface area contributed by atoms with Crippen LogP contribution in [0.4, 0.5) is 10.8 Å². The van der Waals surface area contributed by atoms with Gasteiger partial charge in [0.05, 0.1) is 34.9 Å². The molecule has 1 aromatic heterocycles. The van der Waals surface area contributed by atoms with Gasteiger partial charge in [0.15, 0.2) is 16.6 Å². The van der Waals surface area contributed by atoms with E-state index >= 15 is 0 Å². The number of thiazole rings is 1. The number of aromatic nitrogens is 1. The maximum atomic E-state index is 12.8. The van der Waals surface area contributed by atoms with Crippen molar-refractivity contribution >= 4 is 38.3 Å². The fourth-order valence-electron chi connectivity index (χ4n) is 2.90. The highest BCUT2D eigenvalue weighted by Gasteiger charge is 2.25. The molecule has 0 saturated heterocycles. The van der Waals surface area contributed by atoms with Gasteiger partial charge in [-0.05, 0) is 38.0 Å². The minimum Gasteiger partial charge on any atom is -0.493 e. The van der Waals surface area contributed by atoms with Crippen LogP contribution in [0, 0.1) is 24.0 Å². The van der Waals surface area contributed by atoms with Gasteiger partial charge in [0, 0.05) is 6.07 Å². The Hall–Kier alpha value is -3.20. The molecule has 0 unspecified atom stereocenters. The second kappa shape index (κ2) is 7.81. The van der Waals surface area contributed by atoms with E-state index in [-0.39, 0.29) is 22.7 Å². The minimum absolute atomic E-state index is 0.127. The summed E-state index contributed by atoms with van der Waals surface area (Å²) in [6.07, 6.45) is 0. The average molecular weight is 401 g/mol. The number of carbonyl (C=O) groups is 1. The van der Waals surface area contributed by atoms with E-state index in [1.807, 2.05) is 26.0 Å². The number of anilines is 1. The molecule has 0 saturated carbocycles. The summed E-state index contributed by atoms with van der Waals surface area (Å²) in [5, 5.41) is 14.5. The SMILES string of the molecule is CCOc1cc([N+](=O)[O-])c(C(=O)Nc2nc3c(C)cc(C)cc3s2)cc1OC. The van der Waals surface area contributed by atoms with Crippen LogP contribution >= 0.6 is 11.3 Å². The van der Waals surface area contributed by atoms with E-state index in [4.69, 9.17) is 9.47 Å². The zero-order valence-electron chi connectivity index (χ0n) is 15.9. The van der Waals surface area contributed by atoms with Crippen LogP contribution in [0.1, 0.15) is 28.4 Å². The zero-order valence-corrected chi connectivity index (χ0v) is 16.7. The van der Waals surface area contributed by atoms with E-state index in [2.05, 4.69) is 10.3 Å². The van der Waals surface area contributed by atoms with Crippen LogP contribution in [0.15, 0.2) is 24.3 Å². The third-order valence-electron chi connectivity index (χ3n) is 4.07. The average Bonchev–Trinajstić information content (AvgIpc) is 3.04. The molecule has 0 radical (unpaired) electrons. The largest absolute Gasteiger partial charge is 0.493 e. The van der Waals surface area contributed by atoms with Gasteiger partial charge in [-0.3, -0.25) is 20.2 Å². The molecule has 8 nitrogen and oxygen atoms in total. The normalized spacial score (nSPS) is 10.7. The van der Waals surface area contributed by atoms with Crippen LogP contribution < -0.4 is 14.8 Å². The molecule has 2 aromatic carbocycles. The molecule has 0 fully saturated rings. The maximum absolute atomic E-state index is 12.8. The Morgan fingerprint density at radius 1 is 1.25 bits per heavy atom. The first-order valence-corrected chi connectivity index (χ1v) is 9.34. The standard InChI is InChI=1S/C19H19N3O5S/c1-5-27-15-9-13(22(24)25)12(8-14(15)26-4)18(23)21-19-20-17-11(3)6-10(2)7-16(17)28-19/h6-9H,5H2,1-4H3,(H,20,21,23). The molecule has 0 aliphatic rings. The molecule has 1 amide bonds. The number of aryl methyl sites for hydroxylation is 2. The highest BCUT2D eigenvalue weighted by Crippen LogP contribution is 2.36. The number of hydrogen-bond donors (Lipinski definition) is 1. The number of ether oxygens (including phenoxy) is 2. The van der Waals surface area contributed by atoms with Crippen molar-refractivity contribution < 1.29 is 19.2 Å². The Morgan fingerprint density at radius 3 is 2.64 bits per heavy atom. The summed E-state index contributed by atoms with van der Waals surface area (Å²) >= 11 is 1.32. The summed E-state index contributed by atoms with van der Waals surface area (Å²) in [6, 6.07) is 6.50. The van der Waals surface area contributed by atoms with Crippen molar-refractivity contribution in [2.45, 2.75) is 20.8 Å². The van der Waals surface area contributed by atoms with E-state index in [1.54, 1.807) is 6.92 Å². The Balaban J connectivity index is 2.00. The first-order valence-electron chi connectivity index (χ1n) is 8.52. The lowest BCUT2D eigenvalue weighted by molar-refractivity contribution is -0.385. The summed E-state index contributed by atoms with van der Waals surface area (Å²) in [7, 11) is 1.41. The number of amides is 1. The monoisotopic (exact) mass is 401 g/mol. The predicted octanol–water partition coefficient (Wildman–Crippen LogP) is 4.48. The van der Waals surface area contributed by atoms with E-state index in [0.717, 1.165) is 21.3 Å². The topological polar surface area (TPSA) is 104 Å². The Labute approximate surface area is 165 Å². The molecule has 28 heavy (non-hydrogen) atoms. The van der Waals surface area contributed by atoms with Crippen molar-refractivity contribution in [1.29, 1.82) is 0 Å². The third kappa shape index (κ3) is 3.74. The van der Waals surface area contributed by atoms with Crippen molar-refractivity contribution in [3.8, 4) is 11.5 Å². The maximum Gasteiger partial charge on any atom is 0.286 e. The van der Waals surface area contributed by atoms with E-state index < -0.39 is 10.8 Å². The summed E-state index contributed by atoms with van der Waals surface area (Å²) in [5.74, 6) is -0.186. The van der Waals surface area contributed by atoms with Gasteiger partial charge >= 0.3 is 0 Å². The van der Waals surface area contributed by atoms with E-state index in [9.17, 15) is 14.9 Å². The second-order valence-electron chi connectivity index (χ2n) is 6.11. The van der Waals surface area contributed by atoms with E-state index in [0.29, 0.717) is 11.7 Å². The first-order chi connectivity index (χ1) is 13.3. The molecular weight excluding hydrogens is 382 g/mol. The summed E-state index contributed by atoms with van der Waals surface area (Å²) in [5.41, 5.74) is 2.40. The molecule has 0 aliphatic carbocycles. The molecule has 0 atom stereocenters. The summed E-state index contributed by atoms with van der Waals surface area (Å²) in [4.78, 5) is 28.1. The molecule has 0 spiro atoms. The third-order valence-corrected chi connectivity index (χ3v) is 4.99. The number of nitro groups is 1. The number of nitro benzene ring substituents is 1. The lowest BCUT2D eigenvalue weighted by Gasteiger charge is -2.11. The molecule has 1 N–H and O–H groups in total. The lowest BCUT2D eigenvalue weighted by Crippen LogP contribution is -2.14. The molecule has 0 bridgehead atoms. The van der Waals surface area contributed by atoms with Crippen LogP contribution in [0.3, 0.4) is 0 Å². The van der Waals surface area contributed by atoms with Crippen molar-refractivity contribution in [3.05, 3.63) is 51.1 Å². The van der Waals surface area contributed by atoms with Gasteiger partial charge in [0.2, 0.25) is 0 Å². The van der Waals surface area contributed by atoms with Gasteiger partial charge in [-0.2, -0.15) is 0 Å². The van der Waals surface area contributed by atoms with Crippen LogP contribution in [0.2, 0.25) is 0 Å². The van der Waals surface area contributed by atoms with Crippen LogP contribution in [0.25, 0.3) is 10.2 Å². The molecule has 9 heteroatoms. The Bertz CT molecular complexity index is 1080. The number of benzene rings is 2. The smallest absolute Gasteiger partial charge is 0.286 e.